The summed E-state index contributed by atoms with van der Waals surface area (Å²) in [6.45, 7) is 0.522. The molecule has 0 amide bonds. The maximum atomic E-state index is 13.2. The first-order valence-corrected chi connectivity index (χ1v) is 5.87. The van der Waals surface area contributed by atoms with Gasteiger partial charge in [0.2, 0.25) is 0 Å². The molecule has 0 saturated heterocycles. The van der Waals surface area contributed by atoms with Crippen LogP contribution >= 0.6 is 0 Å². The van der Waals surface area contributed by atoms with Crippen molar-refractivity contribution in [3.63, 3.8) is 0 Å². The number of hydrogen-bond donors (Lipinski definition) is 0. The Bertz CT molecular complexity index is 339. The molecule has 0 spiro atoms. The molecular formula is C11H14F7N. The molecule has 0 aromatic rings. The minimum atomic E-state index is -6.31. The molecule has 19 heavy (non-hydrogen) atoms. The van der Waals surface area contributed by atoms with Gasteiger partial charge in [-0.25, -0.2) is 0 Å². The smallest absolute Gasteiger partial charge is 0.285 e. The van der Waals surface area contributed by atoms with Gasteiger partial charge in [0.15, 0.2) is 0 Å². The Morgan fingerprint density at radius 3 is 1.79 bits per heavy atom. The van der Waals surface area contributed by atoms with Crippen LogP contribution < -0.4 is 0 Å². The summed E-state index contributed by atoms with van der Waals surface area (Å²) in [5.41, 5.74) is -1.46. The Kier molecular flexibility index (Phi) is 4.51. The summed E-state index contributed by atoms with van der Waals surface area (Å²) in [7, 11) is 0. The SMILES string of the molecule is CC(=NC1CCCCC1)C(F)(F)C(F)(F)C(F)(F)F. The van der Waals surface area contributed by atoms with E-state index in [2.05, 4.69) is 4.99 Å². The van der Waals surface area contributed by atoms with Crippen molar-refractivity contribution in [3.8, 4) is 0 Å². The molecule has 0 heterocycles. The minimum absolute atomic E-state index is 0.436. The molecule has 8 heteroatoms. The Morgan fingerprint density at radius 1 is 0.895 bits per heavy atom. The lowest BCUT2D eigenvalue weighted by molar-refractivity contribution is -0.336. The second-order valence-electron chi connectivity index (χ2n) is 4.65. The molecule has 0 aromatic carbocycles. The van der Waals surface area contributed by atoms with E-state index in [9.17, 15) is 30.7 Å². The van der Waals surface area contributed by atoms with Gasteiger partial charge in [0, 0.05) is 0 Å². The van der Waals surface area contributed by atoms with Gasteiger partial charge in [-0.2, -0.15) is 30.7 Å². The van der Waals surface area contributed by atoms with Crippen LogP contribution in [0.5, 0.6) is 0 Å². The number of hydrogen-bond acceptors (Lipinski definition) is 1. The zero-order valence-electron chi connectivity index (χ0n) is 10.2. The van der Waals surface area contributed by atoms with Gasteiger partial charge >= 0.3 is 18.0 Å². The second-order valence-corrected chi connectivity index (χ2v) is 4.65. The highest BCUT2D eigenvalue weighted by molar-refractivity contribution is 5.90. The van der Waals surface area contributed by atoms with Crippen molar-refractivity contribution >= 4 is 5.71 Å². The summed E-state index contributed by atoms with van der Waals surface area (Å²) in [5.74, 6) is -11.4. The van der Waals surface area contributed by atoms with Gasteiger partial charge in [-0.05, 0) is 19.8 Å². The molecule has 1 aliphatic rings. The van der Waals surface area contributed by atoms with E-state index in [1.165, 1.54) is 0 Å². The molecule has 0 atom stereocenters. The monoisotopic (exact) mass is 293 g/mol. The van der Waals surface area contributed by atoms with Crippen molar-refractivity contribution in [2.24, 2.45) is 4.99 Å². The third kappa shape index (κ3) is 3.20. The third-order valence-electron chi connectivity index (χ3n) is 3.16. The summed E-state index contributed by atoms with van der Waals surface area (Å²) in [6, 6.07) is -0.594. The fourth-order valence-corrected chi connectivity index (χ4v) is 1.97. The Labute approximate surface area is 105 Å². The first-order chi connectivity index (χ1) is 8.50. The first-order valence-electron chi connectivity index (χ1n) is 5.87. The maximum absolute atomic E-state index is 13.2. The summed E-state index contributed by atoms with van der Waals surface area (Å²) in [4.78, 5) is 3.37. The number of halogens is 7. The lowest BCUT2D eigenvalue weighted by Crippen LogP contribution is -2.55. The van der Waals surface area contributed by atoms with E-state index in [-0.39, 0.29) is 0 Å². The summed E-state index contributed by atoms with van der Waals surface area (Å²) >= 11 is 0. The summed E-state index contributed by atoms with van der Waals surface area (Å²) in [6.07, 6.45) is -3.12. The Morgan fingerprint density at radius 2 is 1.37 bits per heavy atom. The highest BCUT2D eigenvalue weighted by atomic mass is 19.4. The van der Waals surface area contributed by atoms with Crippen LogP contribution in [-0.4, -0.2) is 29.8 Å². The third-order valence-corrected chi connectivity index (χ3v) is 3.16. The van der Waals surface area contributed by atoms with Crippen LogP contribution in [0.1, 0.15) is 39.0 Å². The van der Waals surface area contributed by atoms with Gasteiger partial charge in [-0.3, -0.25) is 4.99 Å². The van der Waals surface area contributed by atoms with Gasteiger partial charge in [-0.1, -0.05) is 19.3 Å². The van der Waals surface area contributed by atoms with Crippen molar-refractivity contribution in [3.05, 3.63) is 0 Å². The average Bonchev–Trinajstić information content (AvgIpc) is 2.28. The van der Waals surface area contributed by atoms with Crippen molar-refractivity contribution in [1.82, 2.24) is 0 Å². The van der Waals surface area contributed by atoms with Crippen molar-refractivity contribution in [1.29, 1.82) is 0 Å². The van der Waals surface area contributed by atoms with Crippen molar-refractivity contribution in [2.75, 3.05) is 0 Å². The Balaban J connectivity index is 2.95. The van der Waals surface area contributed by atoms with E-state index < -0.39 is 29.8 Å². The number of rotatable bonds is 3. The summed E-state index contributed by atoms with van der Waals surface area (Å²) in [5, 5.41) is 0. The maximum Gasteiger partial charge on any atom is 0.460 e. The van der Waals surface area contributed by atoms with Crippen LogP contribution in [0.15, 0.2) is 4.99 Å². The Hall–Kier alpha value is -0.820. The fourth-order valence-electron chi connectivity index (χ4n) is 1.97. The molecule has 0 aliphatic heterocycles. The molecule has 1 aliphatic carbocycles. The van der Waals surface area contributed by atoms with Crippen LogP contribution in [-0.2, 0) is 0 Å². The van der Waals surface area contributed by atoms with Crippen molar-refractivity contribution in [2.45, 2.75) is 63.1 Å². The van der Waals surface area contributed by atoms with Crippen LogP contribution in [0.4, 0.5) is 30.7 Å². The molecule has 0 bridgehead atoms. The predicted molar refractivity (Wildman–Crippen MR) is 55.9 cm³/mol. The molecule has 0 unspecified atom stereocenters. The number of aliphatic imine (C=N–C) groups is 1. The van der Waals surface area contributed by atoms with Crippen LogP contribution in [0.25, 0.3) is 0 Å². The molecule has 0 aromatic heterocycles. The quantitative estimate of drug-likeness (QED) is 0.532. The van der Waals surface area contributed by atoms with E-state index in [1.54, 1.807) is 0 Å². The van der Waals surface area contributed by atoms with E-state index in [0.717, 1.165) is 6.42 Å². The molecular weight excluding hydrogens is 279 g/mol. The molecule has 0 N–H and O–H groups in total. The average molecular weight is 293 g/mol. The molecule has 1 saturated carbocycles. The highest BCUT2D eigenvalue weighted by Gasteiger charge is 2.74. The summed E-state index contributed by atoms with van der Waals surface area (Å²) < 4.78 is 88.0. The van der Waals surface area contributed by atoms with Gasteiger partial charge in [0.1, 0.15) is 0 Å². The largest absolute Gasteiger partial charge is 0.460 e. The van der Waals surface area contributed by atoms with E-state index >= 15 is 0 Å². The molecule has 112 valence electrons. The van der Waals surface area contributed by atoms with Crippen LogP contribution in [0.2, 0.25) is 0 Å². The van der Waals surface area contributed by atoms with E-state index in [0.29, 0.717) is 32.6 Å². The second kappa shape index (κ2) is 5.28. The number of nitrogens with zero attached hydrogens (tertiary/aromatic N) is 1. The highest BCUT2D eigenvalue weighted by Crippen LogP contribution is 2.47. The van der Waals surface area contributed by atoms with E-state index in [4.69, 9.17) is 0 Å². The van der Waals surface area contributed by atoms with Crippen molar-refractivity contribution < 1.29 is 30.7 Å². The molecule has 0 radical (unpaired) electrons. The molecule has 1 fully saturated rings. The zero-order chi connectivity index (χ0) is 14.9. The normalized spacial score (nSPS) is 20.7. The van der Waals surface area contributed by atoms with Gasteiger partial charge < -0.3 is 0 Å². The lowest BCUT2D eigenvalue weighted by atomic mass is 9.95. The lowest BCUT2D eigenvalue weighted by Gasteiger charge is -2.29. The topological polar surface area (TPSA) is 12.4 Å². The zero-order valence-corrected chi connectivity index (χ0v) is 10.2. The van der Waals surface area contributed by atoms with Gasteiger partial charge in [-0.15, -0.1) is 0 Å². The molecule has 1 nitrogen and oxygen atoms in total. The van der Waals surface area contributed by atoms with Crippen LogP contribution in [0.3, 0.4) is 0 Å². The predicted octanol–water partition coefficient (Wildman–Crippen LogP) is 4.61. The first kappa shape index (κ1) is 16.2. The standard InChI is InChI=1S/C11H14F7N/c1-7(19-8-5-3-2-4-6-8)9(12,13)10(14,15)11(16,17)18/h8H,2-6H2,1H3. The van der Waals surface area contributed by atoms with Gasteiger partial charge in [0.05, 0.1) is 11.8 Å². The van der Waals surface area contributed by atoms with Crippen LogP contribution in [0, 0.1) is 0 Å². The van der Waals surface area contributed by atoms with Gasteiger partial charge in [0.25, 0.3) is 0 Å². The minimum Gasteiger partial charge on any atom is -0.285 e. The molecule has 1 rings (SSSR count). The fraction of sp³-hybridized carbons (Fsp3) is 0.909. The van der Waals surface area contributed by atoms with E-state index in [1.807, 2.05) is 0 Å². The number of alkyl halides is 7.